The largest absolute Gasteiger partial charge is 0.478 e. The van der Waals surface area contributed by atoms with Gasteiger partial charge in [-0.2, -0.15) is 0 Å². The lowest BCUT2D eigenvalue weighted by Crippen LogP contribution is -2.03. The van der Waals surface area contributed by atoms with Gasteiger partial charge in [0, 0.05) is 5.56 Å². The van der Waals surface area contributed by atoms with Crippen LogP contribution in [0.3, 0.4) is 0 Å². The summed E-state index contributed by atoms with van der Waals surface area (Å²) in [5, 5.41) is 8.50. The molecule has 0 saturated carbocycles. The van der Waals surface area contributed by atoms with Gasteiger partial charge in [-0.1, -0.05) is 24.3 Å². The number of carbonyl (C=O) groups is 2. The molecule has 0 aliphatic rings. The summed E-state index contributed by atoms with van der Waals surface area (Å²) in [6.45, 7) is 11.3. The van der Waals surface area contributed by atoms with Crippen LogP contribution in [-0.2, 0) is 0 Å². The van der Waals surface area contributed by atoms with Gasteiger partial charge in [-0.25, -0.2) is 4.79 Å². The number of carbonyl (C=O) groups excluding carboxylic acids is 1. The van der Waals surface area contributed by atoms with Crippen molar-refractivity contribution in [3.05, 3.63) is 68.8 Å². The lowest BCUT2D eigenvalue weighted by atomic mass is 9.99. The van der Waals surface area contributed by atoms with Crippen LogP contribution in [0.2, 0.25) is 0 Å². The third-order valence-corrected chi connectivity index (χ3v) is 4.49. The molecule has 4 heteroatoms. The molecule has 128 valence electrons. The molecule has 2 rings (SSSR count). The maximum absolute atomic E-state index is 11.0. The molecule has 2 aromatic rings. The fourth-order valence-electron chi connectivity index (χ4n) is 2.53. The van der Waals surface area contributed by atoms with Gasteiger partial charge in [-0.05, 0) is 86.5 Å². The summed E-state index contributed by atoms with van der Waals surface area (Å²) in [7, 11) is 0. The van der Waals surface area contributed by atoms with Crippen LogP contribution in [0.1, 0.15) is 54.1 Å². The molecule has 0 fully saturated rings. The predicted octanol–water partition coefficient (Wildman–Crippen LogP) is 5.30. The van der Waals surface area contributed by atoms with Gasteiger partial charge in [-0.3, -0.25) is 4.79 Å². The van der Waals surface area contributed by atoms with E-state index >= 15 is 0 Å². The minimum absolute atomic E-state index is 0.367. The van der Waals surface area contributed by atoms with E-state index in [1.165, 1.54) is 0 Å². The average Bonchev–Trinajstić information content (AvgIpc) is 2.48. The van der Waals surface area contributed by atoms with E-state index in [2.05, 4.69) is 0 Å². The van der Waals surface area contributed by atoms with E-state index in [0.717, 1.165) is 33.4 Å². The summed E-state index contributed by atoms with van der Waals surface area (Å²) in [4.78, 5) is 21.8. The third-order valence-electron chi connectivity index (χ3n) is 4.30. The zero-order valence-electron chi connectivity index (χ0n) is 15.0. The lowest BCUT2D eigenvalue weighted by molar-refractivity contribution is 0.0695. The molecule has 0 bridgehead atoms. The van der Waals surface area contributed by atoms with Crippen molar-refractivity contribution in [2.75, 3.05) is 0 Å². The van der Waals surface area contributed by atoms with Gasteiger partial charge in [0.15, 0.2) is 0 Å². The molecule has 0 heterocycles. The summed E-state index contributed by atoms with van der Waals surface area (Å²) < 4.78 is 0. The number of aromatic carboxylic acids is 1. The Kier molecular flexibility index (Phi) is 6.73. The molecular weight excluding hydrogens is 324 g/mol. The highest BCUT2D eigenvalue weighted by atomic mass is 35.5. The van der Waals surface area contributed by atoms with Crippen molar-refractivity contribution in [1.29, 1.82) is 0 Å². The van der Waals surface area contributed by atoms with Crippen LogP contribution in [0.4, 0.5) is 0 Å². The molecule has 0 spiro atoms. The number of benzene rings is 2. The Bertz CT molecular complexity index is 724. The Morgan fingerprint density at radius 1 is 0.708 bits per heavy atom. The van der Waals surface area contributed by atoms with Crippen molar-refractivity contribution in [3.8, 4) is 0 Å². The standard InChI is InChI=1S/C10H11ClO.C10H12O2/c2*1-6-4-5-7(2)9(8(6)3)10(11)12/h4-5H,1-3H3;4-5H,1-3H3,(H,11,12). The molecule has 0 amide bonds. The van der Waals surface area contributed by atoms with Crippen LogP contribution >= 0.6 is 11.6 Å². The highest BCUT2D eigenvalue weighted by Gasteiger charge is 2.11. The zero-order valence-corrected chi connectivity index (χ0v) is 15.7. The summed E-state index contributed by atoms with van der Waals surface area (Å²) >= 11 is 5.45. The molecule has 0 aromatic heterocycles. The van der Waals surface area contributed by atoms with Crippen molar-refractivity contribution in [2.24, 2.45) is 0 Å². The first-order valence-electron chi connectivity index (χ1n) is 7.64. The first-order valence-corrected chi connectivity index (χ1v) is 8.02. The van der Waals surface area contributed by atoms with Crippen molar-refractivity contribution in [3.63, 3.8) is 0 Å². The molecule has 1 N–H and O–H groups in total. The summed E-state index contributed by atoms with van der Waals surface area (Å²) in [6.07, 6.45) is 0. The zero-order chi connectivity index (χ0) is 18.6. The molecular formula is C20H23ClO3. The monoisotopic (exact) mass is 346 g/mol. The first-order chi connectivity index (χ1) is 11.1. The Morgan fingerprint density at radius 2 is 1.04 bits per heavy atom. The third kappa shape index (κ3) is 4.45. The number of carboxylic acids is 1. The minimum Gasteiger partial charge on any atom is -0.478 e. The molecule has 0 aliphatic heterocycles. The quantitative estimate of drug-likeness (QED) is 0.750. The summed E-state index contributed by atoms with van der Waals surface area (Å²) in [6, 6.07) is 7.69. The highest BCUT2D eigenvalue weighted by Crippen LogP contribution is 2.19. The van der Waals surface area contributed by atoms with E-state index in [-0.39, 0.29) is 5.24 Å². The lowest BCUT2D eigenvalue weighted by Gasteiger charge is -2.07. The van der Waals surface area contributed by atoms with Gasteiger partial charge in [0.25, 0.3) is 5.24 Å². The van der Waals surface area contributed by atoms with Gasteiger partial charge < -0.3 is 5.11 Å². The molecule has 2 aromatic carbocycles. The second-order valence-electron chi connectivity index (χ2n) is 5.98. The van der Waals surface area contributed by atoms with E-state index in [1.54, 1.807) is 0 Å². The van der Waals surface area contributed by atoms with E-state index in [4.69, 9.17) is 16.7 Å². The molecule has 0 aliphatic carbocycles. The van der Waals surface area contributed by atoms with Crippen LogP contribution in [0.25, 0.3) is 0 Å². The fraction of sp³-hybridized carbons (Fsp3) is 0.300. The van der Waals surface area contributed by atoms with Crippen molar-refractivity contribution in [2.45, 2.75) is 41.5 Å². The van der Waals surface area contributed by atoms with Crippen molar-refractivity contribution in [1.82, 2.24) is 0 Å². The minimum atomic E-state index is -0.839. The Hall–Kier alpha value is -2.13. The second-order valence-corrected chi connectivity index (χ2v) is 6.32. The number of rotatable bonds is 2. The number of hydrogen-bond acceptors (Lipinski definition) is 2. The SMILES string of the molecule is Cc1ccc(C)c(C(=O)Cl)c1C.Cc1ccc(C)c(C(=O)O)c1C. The second kappa shape index (κ2) is 8.11. The van der Waals surface area contributed by atoms with Crippen LogP contribution in [0, 0.1) is 41.5 Å². The van der Waals surface area contributed by atoms with Gasteiger partial charge in [-0.15, -0.1) is 0 Å². The average molecular weight is 347 g/mol. The van der Waals surface area contributed by atoms with Crippen LogP contribution < -0.4 is 0 Å². The highest BCUT2D eigenvalue weighted by molar-refractivity contribution is 6.68. The van der Waals surface area contributed by atoms with E-state index in [9.17, 15) is 9.59 Å². The van der Waals surface area contributed by atoms with Gasteiger partial charge in [0.2, 0.25) is 0 Å². The number of hydrogen-bond donors (Lipinski definition) is 1. The molecule has 0 unspecified atom stereocenters. The molecule has 0 saturated heterocycles. The van der Waals surface area contributed by atoms with Crippen molar-refractivity contribution >= 4 is 22.8 Å². The summed E-state index contributed by atoms with van der Waals surface area (Å²) in [5.41, 5.74) is 6.83. The first kappa shape index (κ1) is 19.9. The predicted molar refractivity (Wildman–Crippen MR) is 98.4 cm³/mol. The molecule has 0 atom stereocenters. The fourth-order valence-corrected chi connectivity index (χ4v) is 2.82. The van der Waals surface area contributed by atoms with E-state index < -0.39 is 5.97 Å². The number of carboxylic acid groups (broad SMARTS) is 1. The smallest absolute Gasteiger partial charge is 0.336 e. The van der Waals surface area contributed by atoms with Gasteiger partial charge in [0.1, 0.15) is 0 Å². The molecule has 0 radical (unpaired) electrons. The maximum Gasteiger partial charge on any atom is 0.336 e. The Labute approximate surface area is 148 Å². The van der Waals surface area contributed by atoms with Crippen LogP contribution in [-0.4, -0.2) is 16.3 Å². The van der Waals surface area contributed by atoms with Gasteiger partial charge in [0.05, 0.1) is 5.56 Å². The summed E-state index contributed by atoms with van der Waals surface area (Å²) in [5.74, 6) is -0.839. The van der Waals surface area contributed by atoms with Gasteiger partial charge >= 0.3 is 5.97 Å². The molecule has 3 nitrogen and oxygen atoms in total. The maximum atomic E-state index is 11.0. The van der Waals surface area contributed by atoms with E-state index in [0.29, 0.717) is 11.1 Å². The van der Waals surface area contributed by atoms with Crippen LogP contribution in [0.15, 0.2) is 24.3 Å². The Balaban J connectivity index is 0.000000240. The Morgan fingerprint density at radius 3 is 1.33 bits per heavy atom. The number of halogens is 1. The van der Waals surface area contributed by atoms with Crippen LogP contribution in [0.5, 0.6) is 0 Å². The topological polar surface area (TPSA) is 54.4 Å². The normalized spacial score (nSPS) is 9.96. The molecule has 24 heavy (non-hydrogen) atoms. The number of aryl methyl sites for hydroxylation is 4. The van der Waals surface area contributed by atoms with E-state index in [1.807, 2.05) is 65.8 Å². The van der Waals surface area contributed by atoms with Crippen molar-refractivity contribution < 1.29 is 14.7 Å².